The summed E-state index contributed by atoms with van der Waals surface area (Å²) in [5.74, 6) is -0.357. The molecule has 0 radical (unpaired) electrons. The lowest BCUT2D eigenvalue weighted by molar-refractivity contribution is -0.112. The number of anilines is 1. The number of carbonyl (C=O) groups is 1. The van der Waals surface area contributed by atoms with Crippen LogP contribution >= 0.6 is 12.4 Å². The van der Waals surface area contributed by atoms with Gasteiger partial charge < -0.3 is 10.1 Å². The number of nitrogens with one attached hydrogen (secondary N) is 2. The summed E-state index contributed by atoms with van der Waals surface area (Å²) in [6.45, 7) is 7.51. The molecule has 1 amide bonds. The molecule has 0 unspecified atom stereocenters. The van der Waals surface area contributed by atoms with Crippen molar-refractivity contribution in [1.82, 2.24) is 0 Å². The van der Waals surface area contributed by atoms with Gasteiger partial charge in [0.15, 0.2) is 0 Å². The van der Waals surface area contributed by atoms with Gasteiger partial charge >= 0.3 is 0 Å². The Balaban J connectivity index is 0.00000200. The minimum absolute atomic E-state index is 0. The van der Waals surface area contributed by atoms with Crippen LogP contribution in [0.3, 0.4) is 0 Å². The van der Waals surface area contributed by atoms with E-state index < -0.39 is 5.60 Å². The van der Waals surface area contributed by atoms with E-state index in [1.807, 2.05) is 52.0 Å². The Morgan fingerprint density at radius 1 is 1.20 bits per heavy atom. The molecule has 0 aliphatic carbocycles. The van der Waals surface area contributed by atoms with Crippen molar-refractivity contribution in [2.75, 3.05) is 5.32 Å². The van der Waals surface area contributed by atoms with E-state index in [-0.39, 0.29) is 24.2 Å². The van der Waals surface area contributed by atoms with Gasteiger partial charge in [-0.2, -0.15) is 0 Å². The van der Waals surface area contributed by atoms with Crippen molar-refractivity contribution in [2.45, 2.75) is 33.3 Å². The first-order valence-electron chi connectivity index (χ1n) is 6.18. The molecule has 108 valence electrons. The van der Waals surface area contributed by atoms with E-state index >= 15 is 0 Å². The molecule has 0 saturated heterocycles. The third kappa shape index (κ3) is 3.02. The van der Waals surface area contributed by atoms with Crippen molar-refractivity contribution >= 4 is 29.9 Å². The maximum Gasteiger partial charge on any atom is 0.261 e. The SMILES string of the molecule is CC1=C(C(=O)Nc2ccc(C)cc2)C(=N)OC1(C)C.Cl. The normalized spacial score (nSPS) is 16.5. The molecule has 0 bridgehead atoms. The number of benzene rings is 1. The van der Waals surface area contributed by atoms with Gasteiger partial charge in [-0.25, -0.2) is 0 Å². The second kappa shape index (κ2) is 5.67. The number of carbonyl (C=O) groups excluding carboxylic acids is 1. The highest BCUT2D eigenvalue weighted by molar-refractivity contribution is 6.23. The lowest BCUT2D eigenvalue weighted by Crippen LogP contribution is -2.21. The molecule has 1 aromatic carbocycles. The van der Waals surface area contributed by atoms with Crippen LogP contribution in [-0.4, -0.2) is 17.4 Å². The number of hydrogen-bond donors (Lipinski definition) is 2. The van der Waals surface area contributed by atoms with Crippen LogP contribution in [-0.2, 0) is 9.53 Å². The molecule has 2 N–H and O–H groups in total. The van der Waals surface area contributed by atoms with Crippen LogP contribution in [0.25, 0.3) is 0 Å². The van der Waals surface area contributed by atoms with E-state index in [4.69, 9.17) is 10.1 Å². The van der Waals surface area contributed by atoms with E-state index in [9.17, 15) is 4.79 Å². The van der Waals surface area contributed by atoms with Crippen molar-refractivity contribution in [1.29, 1.82) is 5.41 Å². The Morgan fingerprint density at radius 2 is 1.75 bits per heavy atom. The van der Waals surface area contributed by atoms with E-state index in [1.54, 1.807) is 0 Å². The molecule has 2 rings (SSSR count). The van der Waals surface area contributed by atoms with Gasteiger partial charge in [0.05, 0.1) is 0 Å². The number of amides is 1. The van der Waals surface area contributed by atoms with Gasteiger partial charge in [-0.1, -0.05) is 17.7 Å². The quantitative estimate of drug-likeness (QED) is 0.877. The van der Waals surface area contributed by atoms with E-state index in [0.29, 0.717) is 11.3 Å². The monoisotopic (exact) mass is 294 g/mol. The molecular formula is C15H19ClN2O2. The molecule has 0 aromatic heterocycles. The fourth-order valence-corrected chi connectivity index (χ4v) is 1.96. The molecule has 1 aromatic rings. The van der Waals surface area contributed by atoms with Gasteiger partial charge in [-0.15, -0.1) is 12.4 Å². The highest BCUT2D eigenvalue weighted by Gasteiger charge is 2.38. The fraction of sp³-hybridized carbons (Fsp3) is 0.333. The topological polar surface area (TPSA) is 62.2 Å². The summed E-state index contributed by atoms with van der Waals surface area (Å²) < 4.78 is 5.40. The van der Waals surface area contributed by atoms with E-state index in [0.717, 1.165) is 11.1 Å². The zero-order chi connectivity index (χ0) is 14.2. The van der Waals surface area contributed by atoms with Crippen molar-refractivity contribution in [2.24, 2.45) is 0 Å². The molecule has 0 fully saturated rings. The summed E-state index contributed by atoms with van der Waals surface area (Å²) in [5.41, 5.74) is 2.37. The van der Waals surface area contributed by atoms with Gasteiger partial charge in [-0.3, -0.25) is 10.2 Å². The summed E-state index contributed by atoms with van der Waals surface area (Å²) in [5, 5.41) is 10.6. The largest absolute Gasteiger partial charge is 0.467 e. The Labute approximate surface area is 125 Å². The zero-order valence-electron chi connectivity index (χ0n) is 12.0. The van der Waals surface area contributed by atoms with Crippen LogP contribution in [0.2, 0.25) is 0 Å². The second-order valence-corrected chi connectivity index (χ2v) is 5.26. The molecule has 0 saturated carbocycles. The summed E-state index contributed by atoms with van der Waals surface area (Å²) in [6, 6.07) is 7.54. The average molecular weight is 295 g/mol. The maximum absolute atomic E-state index is 12.2. The zero-order valence-corrected chi connectivity index (χ0v) is 12.9. The van der Waals surface area contributed by atoms with Gasteiger partial charge in [0, 0.05) is 5.69 Å². The van der Waals surface area contributed by atoms with Crippen molar-refractivity contribution in [3.05, 3.63) is 41.0 Å². The summed E-state index contributed by atoms with van der Waals surface area (Å²) >= 11 is 0. The molecule has 1 aliphatic rings. The number of halogens is 1. The summed E-state index contributed by atoms with van der Waals surface area (Å²) in [6.07, 6.45) is 0. The lowest BCUT2D eigenvalue weighted by atomic mass is 9.97. The molecule has 0 atom stereocenters. The predicted octanol–water partition coefficient (Wildman–Crippen LogP) is 3.46. The van der Waals surface area contributed by atoms with Crippen LogP contribution in [0.15, 0.2) is 35.4 Å². The number of rotatable bonds is 2. The third-order valence-electron chi connectivity index (χ3n) is 3.40. The smallest absolute Gasteiger partial charge is 0.261 e. The van der Waals surface area contributed by atoms with Gasteiger partial charge in [-0.05, 0) is 45.4 Å². The van der Waals surface area contributed by atoms with Gasteiger partial charge in [0.25, 0.3) is 5.91 Å². The van der Waals surface area contributed by atoms with Gasteiger partial charge in [0.1, 0.15) is 11.2 Å². The minimum Gasteiger partial charge on any atom is -0.467 e. The summed E-state index contributed by atoms with van der Waals surface area (Å²) in [7, 11) is 0. The standard InChI is InChI=1S/C15H18N2O2.ClH/c1-9-5-7-11(8-6-9)17-14(18)12-10(2)15(3,4)19-13(12)16;/h5-8,16H,1-4H3,(H,17,18);1H. The second-order valence-electron chi connectivity index (χ2n) is 5.26. The van der Waals surface area contributed by atoms with E-state index in [2.05, 4.69) is 5.32 Å². The fourth-order valence-electron chi connectivity index (χ4n) is 1.96. The number of ether oxygens (including phenoxy) is 1. The highest BCUT2D eigenvalue weighted by atomic mass is 35.5. The Morgan fingerprint density at radius 3 is 2.20 bits per heavy atom. The molecule has 1 aliphatic heterocycles. The maximum atomic E-state index is 12.2. The van der Waals surface area contributed by atoms with Crippen LogP contribution < -0.4 is 5.32 Å². The van der Waals surface area contributed by atoms with Crippen molar-refractivity contribution in [3.8, 4) is 0 Å². The average Bonchev–Trinajstić information content (AvgIpc) is 2.51. The van der Waals surface area contributed by atoms with Crippen LogP contribution in [0.4, 0.5) is 5.69 Å². The number of aryl methyl sites for hydroxylation is 1. The minimum atomic E-state index is -0.586. The summed E-state index contributed by atoms with van der Waals surface area (Å²) in [4.78, 5) is 12.2. The first-order chi connectivity index (χ1) is 8.81. The Kier molecular flexibility index (Phi) is 4.61. The van der Waals surface area contributed by atoms with Crippen LogP contribution in [0, 0.1) is 12.3 Å². The van der Waals surface area contributed by atoms with Crippen LogP contribution in [0.5, 0.6) is 0 Å². The lowest BCUT2D eigenvalue weighted by Gasteiger charge is -2.18. The Bertz CT molecular complexity index is 574. The Hall–Kier alpha value is -1.81. The highest BCUT2D eigenvalue weighted by Crippen LogP contribution is 2.32. The third-order valence-corrected chi connectivity index (χ3v) is 3.40. The predicted molar refractivity (Wildman–Crippen MR) is 82.6 cm³/mol. The van der Waals surface area contributed by atoms with Gasteiger partial charge in [0.2, 0.25) is 5.90 Å². The molecule has 0 spiro atoms. The first-order valence-corrected chi connectivity index (χ1v) is 6.18. The van der Waals surface area contributed by atoms with E-state index in [1.165, 1.54) is 0 Å². The van der Waals surface area contributed by atoms with Crippen LogP contribution in [0.1, 0.15) is 26.3 Å². The first kappa shape index (κ1) is 16.2. The molecule has 4 nitrogen and oxygen atoms in total. The molecule has 20 heavy (non-hydrogen) atoms. The molecule has 5 heteroatoms. The number of hydrogen-bond acceptors (Lipinski definition) is 3. The molecule has 1 heterocycles. The van der Waals surface area contributed by atoms with Crippen molar-refractivity contribution < 1.29 is 9.53 Å². The molecular weight excluding hydrogens is 276 g/mol. The van der Waals surface area contributed by atoms with Crippen molar-refractivity contribution in [3.63, 3.8) is 0 Å².